The maximum Gasteiger partial charge on any atom is 0.224 e. The standard InChI is InChI=1S/C17H28N2O/c1-5-18-12-15-8-6-7-9-16(15)19-17(20)11-14(4)10-13(2)3/h6-9,13-14,18H,5,10-12H2,1-4H3,(H,19,20). The third-order valence-electron chi connectivity index (χ3n) is 3.26. The largest absolute Gasteiger partial charge is 0.326 e. The number of amides is 1. The minimum absolute atomic E-state index is 0.113. The van der Waals surface area contributed by atoms with Crippen molar-refractivity contribution in [2.75, 3.05) is 11.9 Å². The number of hydrogen-bond donors (Lipinski definition) is 2. The zero-order valence-corrected chi connectivity index (χ0v) is 13.2. The Kier molecular flexibility index (Phi) is 7.31. The number of para-hydroxylation sites is 1. The Bertz CT molecular complexity index is 415. The van der Waals surface area contributed by atoms with Crippen molar-refractivity contribution >= 4 is 11.6 Å². The van der Waals surface area contributed by atoms with E-state index in [0.29, 0.717) is 18.3 Å². The van der Waals surface area contributed by atoms with Gasteiger partial charge in [0.2, 0.25) is 5.91 Å². The third-order valence-corrected chi connectivity index (χ3v) is 3.26. The van der Waals surface area contributed by atoms with Crippen molar-refractivity contribution in [3.63, 3.8) is 0 Å². The van der Waals surface area contributed by atoms with Crippen molar-refractivity contribution in [2.24, 2.45) is 11.8 Å². The average molecular weight is 276 g/mol. The van der Waals surface area contributed by atoms with Gasteiger partial charge in [0, 0.05) is 18.7 Å². The van der Waals surface area contributed by atoms with Crippen LogP contribution >= 0.6 is 0 Å². The van der Waals surface area contributed by atoms with E-state index in [9.17, 15) is 4.79 Å². The summed E-state index contributed by atoms with van der Waals surface area (Å²) >= 11 is 0. The number of carbonyl (C=O) groups is 1. The lowest BCUT2D eigenvalue weighted by atomic mass is 9.96. The molecule has 0 aliphatic carbocycles. The maximum atomic E-state index is 12.1. The maximum absolute atomic E-state index is 12.1. The lowest BCUT2D eigenvalue weighted by Gasteiger charge is -2.15. The first-order valence-electron chi connectivity index (χ1n) is 7.61. The fourth-order valence-electron chi connectivity index (χ4n) is 2.46. The van der Waals surface area contributed by atoms with E-state index in [2.05, 4.69) is 44.4 Å². The molecule has 3 heteroatoms. The number of nitrogens with one attached hydrogen (secondary N) is 2. The highest BCUT2D eigenvalue weighted by Crippen LogP contribution is 2.18. The van der Waals surface area contributed by atoms with Crippen LogP contribution in [0.25, 0.3) is 0 Å². The lowest BCUT2D eigenvalue weighted by molar-refractivity contribution is -0.117. The van der Waals surface area contributed by atoms with Gasteiger partial charge in [-0.15, -0.1) is 0 Å². The number of rotatable bonds is 8. The Morgan fingerprint density at radius 2 is 1.90 bits per heavy atom. The predicted molar refractivity (Wildman–Crippen MR) is 85.7 cm³/mol. The molecule has 1 atom stereocenters. The van der Waals surface area contributed by atoms with Crippen LogP contribution < -0.4 is 10.6 Å². The van der Waals surface area contributed by atoms with Gasteiger partial charge in [0.05, 0.1) is 0 Å². The molecule has 0 saturated carbocycles. The molecule has 0 radical (unpaired) electrons. The van der Waals surface area contributed by atoms with Crippen LogP contribution in [0.5, 0.6) is 0 Å². The Morgan fingerprint density at radius 1 is 1.20 bits per heavy atom. The van der Waals surface area contributed by atoms with Crippen molar-refractivity contribution in [1.29, 1.82) is 0 Å². The van der Waals surface area contributed by atoms with E-state index in [1.54, 1.807) is 0 Å². The summed E-state index contributed by atoms with van der Waals surface area (Å²) < 4.78 is 0. The van der Waals surface area contributed by atoms with Crippen LogP contribution in [0, 0.1) is 11.8 Å². The van der Waals surface area contributed by atoms with Crippen LogP contribution in [0.1, 0.15) is 46.1 Å². The molecule has 0 aromatic heterocycles. The Balaban J connectivity index is 2.57. The topological polar surface area (TPSA) is 41.1 Å². The van der Waals surface area contributed by atoms with E-state index < -0.39 is 0 Å². The van der Waals surface area contributed by atoms with Gasteiger partial charge in [-0.25, -0.2) is 0 Å². The second-order valence-electron chi connectivity index (χ2n) is 5.92. The fraction of sp³-hybridized carbons (Fsp3) is 0.588. The van der Waals surface area contributed by atoms with Crippen molar-refractivity contribution < 1.29 is 4.79 Å². The summed E-state index contributed by atoms with van der Waals surface area (Å²) in [4.78, 5) is 12.1. The van der Waals surface area contributed by atoms with Crippen LogP contribution in [0.15, 0.2) is 24.3 Å². The first-order valence-corrected chi connectivity index (χ1v) is 7.61. The molecule has 0 fully saturated rings. The minimum atomic E-state index is 0.113. The molecular formula is C17H28N2O. The van der Waals surface area contributed by atoms with Crippen molar-refractivity contribution in [1.82, 2.24) is 5.32 Å². The van der Waals surface area contributed by atoms with Crippen molar-refractivity contribution in [2.45, 2.75) is 47.1 Å². The molecule has 0 saturated heterocycles. The summed E-state index contributed by atoms with van der Waals surface area (Å²) in [6.07, 6.45) is 1.68. The van der Waals surface area contributed by atoms with Crippen molar-refractivity contribution in [3.8, 4) is 0 Å². The average Bonchev–Trinajstić information content (AvgIpc) is 2.36. The number of hydrogen-bond acceptors (Lipinski definition) is 2. The van der Waals surface area contributed by atoms with Gasteiger partial charge in [-0.1, -0.05) is 45.9 Å². The Morgan fingerprint density at radius 3 is 2.55 bits per heavy atom. The zero-order chi connectivity index (χ0) is 15.0. The third kappa shape index (κ3) is 6.20. The van der Waals surface area contributed by atoms with Crippen LogP contribution in [0.3, 0.4) is 0 Å². The fourth-order valence-corrected chi connectivity index (χ4v) is 2.46. The van der Waals surface area contributed by atoms with Crippen LogP contribution in [-0.2, 0) is 11.3 Å². The minimum Gasteiger partial charge on any atom is -0.326 e. The quantitative estimate of drug-likeness (QED) is 0.758. The first kappa shape index (κ1) is 16.7. The van der Waals surface area contributed by atoms with Crippen LogP contribution in [-0.4, -0.2) is 12.5 Å². The monoisotopic (exact) mass is 276 g/mol. The SMILES string of the molecule is CCNCc1ccccc1NC(=O)CC(C)CC(C)C. The van der Waals surface area contributed by atoms with E-state index in [1.807, 2.05) is 18.2 Å². The van der Waals surface area contributed by atoms with Gasteiger partial charge in [-0.2, -0.15) is 0 Å². The van der Waals surface area contributed by atoms with E-state index in [1.165, 1.54) is 0 Å². The van der Waals surface area contributed by atoms with Gasteiger partial charge < -0.3 is 10.6 Å². The molecule has 0 heterocycles. The molecule has 1 aromatic rings. The normalized spacial score (nSPS) is 12.4. The molecule has 1 unspecified atom stereocenters. The van der Waals surface area contributed by atoms with Gasteiger partial charge in [-0.3, -0.25) is 4.79 Å². The second-order valence-corrected chi connectivity index (χ2v) is 5.92. The summed E-state index contributed by atoms with van der Waals surface area (Å²) in [5.74, 6) is 1.18. The highest BCUT2D eigenvalue weighted by Gasteiger charge is 2.12. The molecule has 1 aromatic carbocycles. The Hall–Kier alpha value is -1.35. The van der Waals surface area contributed by atoms with Crippen LogP contribution in [0.4, 0.5) is 5.69 Å². The molecule has 0 aliphatic heterocycles. The smallest absolute Gasteiger partial charge is 0.224 e. The summed E-state index contributed by atoms with van der Waals surface area (Å²) in [6, 6.07) is 7.99. The highest BCUT2D eigenvalue weighted by atomic mass is 16.1. The molecule has 112 valence electrons. The van der Waals surface area contributed by atoms with Crippen molar-refractivity contribution in [3.05, 3.63) is 29.8 Å². The lowest BCUT2D eigenvalue weighted by Crippen LogP contribution is -2.19. The predicted octanol–water partition coefficient (Wildman–Crippen LogP) is 3.81. The number of carbonyl (C=O) groups excluding carboxylic acids is 1. The number of benzene rings is 1. The molecule has 3 nitrogen and oxygen atoms in total. The molecule has 1 rings (SSSR count). The molecule has 20 heavy (non-hydrogen) atoms. The van der Waals surface area contributed by atoms with Gasteiger partial charge in [0.15, 0.2) is 0 Å². The summed E-state index contributed by atoms with van der Waals surface area (Å²) in [6.45, 7) is 10.3. The highest BCUT2D eigenvalue weighted by molar-refractivity contribution is 5.91. The molecule has 0 aliphatic rings. The van der Waals surface area contributed by atoms with E-state index in [4.69, 9.17) is 0 Å². The van der Waals surface area contributed by atoms with Gasteiger partial charge in [-0.05, 0) is 36.4 Å². The molecular weight excluding hydrogens is 248 g/mol. The summed E-state index contributed by atoms with van der Waals surface area (Å²) in [7, 11) is 0. The summed E-state index contributed by atoms with van der Waals surface area (Å²) in [5, 5.41) is 6.34. The van der Waals surface area contributed by atoms with E-state index in [-0.39, 0.29) is 5.91 Å². The van der Waals surface area contributed by atoms with E-state index >= 15 is 0 Å². The number of anilines is 1. The molecule has 1 amide bonds. The van der Waals surface area contributed by atoms with Gasteiger partial charge in [0.25, 0.3) is 0 Å². The van der Waals surface area contributed by atoms with E-state index in [0.717, 1.165) is 30.8 Å². The Labute approximate surface area is 123 Å². The second kappa shape index (κ2) is 8.75. The molecule has 2 N–H and O–H groups in total. The van der Waals surface area contributed by atoms with Gasteiger partial charge in [0.1, 0.15) is 0 Å². The first-order chi connectivity index (χ1) is 9.52. The van der Waals surface area contributed by atoms with Crippen LogP contribution in [0.2, 0.25) is 0 Å². The molecule has 0 spiro atoms. The van der Waals surface area contributed by atoms with Gasteiger partial charge >= 0.3 is 0 Å². The molecule has 0 bridgehead atoms. The zero-order valence-electron chi connectivity index (χ0n) is 13.2. The summed E-state index contributed by atoms with van der Waals surface area (Å²) in [5.41, 5.74) is 2.06.